The highest BCUT2D eigenvalue weighted by Gasteiger charge is 2.41. The highest BCUT2D eigenvalue weighted by Crippen LogP contribution is 2.41. The topological polar surface area (TPSA) is 38.9 Å². The van der Waals surface area contributed by atoms with Crippen molar-refractivity contribution in [2.24, 2.45) is 5.73 Å². The molecule has 1 saturated carbocycles. The van der Waals surface area contributed by atoms with Crippen LogP contribution in [0.25, 0.3) is 0 Å². The van der Waals surface area contributed by atoms with Crippen LogP contribution >= 0.6 is 0 Å². The van der Waals surface area contributed by atoms with Gasteiger partial charge in [0.15, 0.2) is 0 Å². The Balaban J connectivity index is 2.38. The van der Waals surface area contributed by atoms with Crippen molar-refractivity contribution >= 4 is 0 Å². The molecule has 0 radical (unpaired) electrons. The third-order valence-corrected chi connectivity index (χ3v) is 2.01. The van der Waals surface area contributed by atoms with Crippen molar-refractivity contribution in [1.29, 1.82) is 0 Å². The van der Waals surface area contributed by atoms with Gasteiger partial charge >= 0.3 is 0 Å². The molecule has 1 aromatic heterocycles. The van der Waals surface area contributed by atoms with Crippen molar-refractivity contribution in [3.63, 3.8) is 0 Å². The normalized spacial score (nSPS) is 19.8. The van der Waals surface area contributed by atoms with E-state index in [4.69, 9.17) is 5.73 Å². The maximum absolute atomic E-state index is 12.6. The molecule has 0 saturated heterocycles. The lowest BCUT2D eigenvalue weighted by molar-refractivity contribution is 0.562. The molecule has 1 aromatic rings. The number of pyridine rings is 1. The second-order valence-electron chi connectivity index (χ2n) is 3.00. The third-order valence-electron chi connectivity index (χ3n) is 2.01. The van der Waals surface area contributed by atoms with E-state index in [0.717, 1.165) is 12.8 Å². The molecule has 1 fully saturated rings. The molecule has 3 heteroatoms. The van der Waals surface area contributed by atoms with E-state index < -0.39 is 5.95 Å². The molecule has 1 aliphatic carbocycles. The van der Waals surface area contributed by atoms with Gasteiger partial charge in [-0.3, -0.25) is 0 Å². The van der Waals surface area contributed by atoms with Gasteiger partial charge in [-0.1, -0.05) is 6.07 Å². The van der Waals surface area contributed by atoms with Crippen molar-refractivity contribution in [3.8, 4) is 0 Å². The summed E-state index contributed by atoms with van der Waals surface area (Å²) in [6, 6.07) is 4.75. The Morgan fingerprint density at radius 3 is 2.73 bits per heavy atom. The fourth-order valence-corrected chi connectivity index (χ4v) is 1.08. The minimum atomic E-state index is -0.445. The smallest absolute Gasteiger partial charge is 0.213 e. The zero-order valence-corrected chi connectivity index (χ0v) is 6.05. The Labute approximate surface area is 64.2 Å². The fraction of sp³-hybridized carbons (Fsp3) is 0.375. The standard InChI is InChI=1S/C8H9FN2/c9-7-3-1-2-6(11-7)8(10)4-5-8/h1-3H,4-5,10H2. The van der Waals surface area contributed by atoms with Crippen LogP contribution in [-0.2, 0) is 5.54 Å². The SMILES string of the molecule is NC1(c2cccc(F)n2)CC1. The summed E-state index contributed by atoms with van der Waals surface area (Å²) >= 11 is 0. The van der Waals surface area contributed by atoms with Gasteiger partial charge in [-0.25, -0.2) is 4.98 Å². The van der Waals surface area contributed by atoms with Gasteiger partial charge in [0.2, 0.25) is 5.95 Å². The zero-order chi connectivity index (χ0) is 7.90. The first-order valence-corrected chi connectivity index (χ1v) is 3.63. The van der Waals surface area contributed by atoms with E-state index in [1.165, 1.54) is 6.07 Å². The van der Waals surface area contributed by atoms with Crippen LogP contribution in [0, 0.1) is 5.95 Å². The molecule has 0 amide bonds. The molecule has 2 rings (SSSR count). The van der Waals surface area contributed by atoms with Crippen LogP contribution in [0.15, 0.2) is 18.2 Å². The Morgan fingerprint density at radius 1 is 1.45 bits per heavy atom. The number of aromatic nitrogens is 1. The van der Waals surface area contributed by atoms with Gasteiger partial charge in [0.25, 0.3) is 0 Å². The molecule has 1 aliphatic rings. The summed E-state index contributed by atoms with van der Waals surface area (Å²) < 4.78 is 12.6. The van der Waals surface area contributed by atoms with Crippen molar-refractivity contribution in [1.82, 2.24) is 4.98 Å². The van der Waals surface area contributed by atoms with Crippen molar-refractivity contribution in [2.75, 3.05) is 0 Å². The lowest BCUT2D eigenvalue weighted by atomic mass is 10.2. The number of hydrogen-bond acceptors (Lipinski definition) is 2. The third kappa shape index (κ3) is 1.12. The maximum Gasteiger partial charge on any atom is 0.213 e. The Hall–Kier alpha value is -0.960. The van der Waals surface area contributed by atoms with Gasteiger partial charge in [-0.2, -0.15) is 4.39 Å². The molecular formula is C8H9FN2. The van der Waals surface area contributed by atoms with Crippen molar-refractivity contribution in [3.05, 3.63) is 29.8 Å². The minimum absolute atomic E-state index is 0.317. The maximum atomic E-state index is 12.6. The molecule has 58 valence electrons. The number of hydrogen-bond donors (Lipinski definition) is 1. The van der Waals surface area contributed by atoms with Crippen LogP contribution in [0.1, 0.15) is 18.5 Å². The number of nitrogens with two attached hydrogens (primary N) is 1. The Morgan fingerprint density at radius 2 is 2.18 bits per heavy atom. The predicted molar refractivity (Wildman–Crippen MR) is 39.3 cm³/mol. The Bertz CT molecular complexity index is 281. The van der Waals surface area contributed by atoms with E-state index in [1.807, 2.05) is 0 Å². The molecule has 0 spiro atoms. The van der Waals surface area contributed by atoms with Gasteiger partial charge in [0, 0.05) is 0 Å². The van der Waals surface area contributed by atoms with Crippen molar-refractivity contribution in [2.45, 2.75) is 18.4 Å². The van der Waals surface area contributed by atoms with Crippen LogP contribution in [0.2, 0.25) is 0 Å². The lowest BCUT2D eigenvalue weighted by Crippen LogP contribution is -2.20. The van der Waals surface area contributed by atoms with Crippen LogP contribution in [0.4, 0.5) is 4.39 Å². The van der Waals surface area contributed by atoms with E-state index >= 15 is 0 Å². The van der Waals surface area contributed by atoms with E-state index in [2.05, 4.69) is 4.98 Å². The van der Waals surface area contributed by atoms with E-state index in [-0.39, 0.29) is 5.54 Å². The summed E-state index contributed by atoms with van der Waals surface area (Å²) in [4.78, 5) is 3.72. The molecule has 0 atom stereocenters. The summed E-state index contributed by atoms with van der Waals surface area (Å²) in [5.74, 6) is -0.445. The van der Waals surface area contributed by atoms with Crippen LogP contribution < -0.4 is 5.73 Å². The average molecular weight is 152 g/mol. The Kier molecular flexibility index (Phi) is 1.23. The van der Waals surface area contributed by atoms with Crippen LogP contribution in [0.3, 0.4) is 0 Å². The molecule has 1 heterocycles. The van der Waals surface area contributed by atoms with Gasteiger partial charge in [0.1, 0.15) is 0 Å². The molecule has 2 N–H and O–H groups in total. The van der Waals surface area contributed by atoms with Gasteiger partial charge in [0.05, 0.1) is 11.2 Å². The minimum Gasteiger partial charge on any atom is -0.320 e. The van der Waals surface area contributed by atoms with E-state index in [9.17, 15) is 4.39 Å². The van der Waals surface area contributed by atoms with E-state index in [0.29, 0.717) is 5.69 Å². The molecule has 0 aliphatic heterocycles. The molecule has 2 nitrogen and oxygen atoms in total. The largest absolute Gasteiger partial charge is 0.320 e. The zero-order valence-electron chi connectivity index (χ0n) is 6.05. The molecule has 0 unspecified atom stereocenters. The molecule has 0 aromatic carbocycles. The highest BCUT2D eigenvalue weighted by atomic mass is 19.1. The quantitative estimate of drug-likeness (QED) is 0.613. The number of rotatable bonds is 1. The number of nitrogens with zero attached hydrogens (tertiary/aromatic N) is 1. The molecular weight excluding hydrogens is 143 g/mol. The highest BCUT2D eigenvalue weighted by molar-refractivity contribution is 5.21. The predicted octanol–water partition coefficient (Wildman–Crippen LogP) is 1.17. The first-order valence-electron chi connectivity index (χ1n) is 3.63. The average Bonchev–Trinajstić information content (AvgIpc) is 2.70. The lowest BCUT2D eigenvalue weighted by Gasteiger charge is -2.05. The second kappa shape index (κ2) is 2.01. The summed E-state index contributed by atoms with van der Waals surface area (Å²) in [6.45, 7) is 0. The summed E-state index contributed by atoms with van der Waals surface area (Å²) in [7, 11) is 0. The summed E-state index contributed by atoms with van der Waals surface area (Å²) in [5.41, 5.74) is 6.17. The van der Waals surface area contributed by atoms with E-state index in [1.54, 1.807) is 12.1 Å². The summed E-state index contributed by atoms with van der Waals surface area (Å²) in [6.07, 6.45) is 1.84. The van der Waals surface area contributed by atoms with Gasteiger partial charge in [-0.15, -0.1) is 0 Å². The first kappa shape index (κ1) is 6.73. The van der Waals surface area contributed by atoms with Crippen LogP contribution in [0.5, 0.6) is 0 Å². The second-order valence-corrected chi connectivity index (χ2v) is 3.00. The van der Waals surface area contributed by atoms with Gasteiger partial charge in [-0.05, 0) is 25.0 Å². The fourth-order valence-electron chi connectivity index (χ4n) is 1.08. The van der Waals surface area contributed by atoms with Gasteiger partial charge < -0.3 is 5.73 Å². The molecule has 11 heavy (non-hydrogen) atoms. The number of halogens is 1. The van der Waals surface area contributed by atoms with Crippen molar-refractivity contribution < 1.29 is 4.39 Å². The monoisotopic (exact) mass is 152 g/mol. The summed E-state index contributed by atoms with van der Waals surface area (Å²) in [5, 5.41) is 0. The first-order chi connectivity index (χ1) is 5.21. The molecule has 0 bridgehead atoms. The van der Waals surface area contributed by atoms with Crippen LogP contribution in [-0.4, -0.2) is 4.98 Å².